The Balaban J connectivity index is 1.83. The highest BCUT2D eigenvalue weighted by Crippen LogP contribution is 2.29. The SMILES string of the molecule is NC(=O)N(O)CCOCc1ccc(-c2ccc(Cl)cc2)s1. The van der Waals surface area contributed by atoms with Gasteiger partial charge in [-0.2, -0.15) is 0 Å². The molecule has 0 aliphatic rings. The molecule has 3 N–H and O–H groups in total. The number of carbonyl (C=O) groups is 1. The predicted octanol–water partition coefficient (Wildman–Crippen LogP) is 3.36. The van der Waals surface area contributed by atoms with E-state index in [1.165, 1.54) is 0 Å². The standard InChI is InChI=1S/C14H15ClN2O3S/c15-11-3-1-10(2-4-11)13-6-5-12(21-13)9-20-8-7-17(19)14(16)18/h1-6,19H,7-9H2,(H2,16,18). The molecule has 2 aromatic rings. The summed E-state index contributed by atoms with van der Waals surface area (Å²) in [5, 5.41) is 10.2. The number of hydrogen-bond donors (Lipinski definition) is 2. The van der Waals surface area contributed by atoms with Gasteiger partial charge in [0.1, 0.15) is 0 Å². The van der Waals surface area contributed by atoms with Crippen molar-refractivity contribution in [3.63, 3.8) is 0 Å². The largest absolute Gasteiger partial charge is 0.374 e. The fourth-order valence-electron chi connectivity index (χ4n) is 1.66. The molecule has 0 aliphatic heterocycles. The van der Waals surface area contributed by atoms with Gasteiger partial charge in [0.15, 0.2) is 0 Å². The lowest BCUT2D eigenvalue weighted by Crippen LogP contribution is -2.35. The molecule has 1 aromatic heterocycles. The molecule has 0 fully saturated rings. The molecule has 0 unspecified atom stereocenters. The Morgan fingerprint density at radius 1 is 1.29 bits per heavy atom. The average molecular weight is 327 g/mol. The summed E-state index contributed by atoms with van der Waals surface area (Å²) in [5.74, 6) is 0. The zero-order valence-corrected chi connectivity index (χ0v) is 12.7. The Bertz CT molecular complexity index is 601. The summed E-state index contributed by atoms with van der Waals surface area (Å²) in [6.45, 7) is 0.684. The van der Waals surface area contributed by atoms with E-state index in [1.807, 2.05) is 36.4 Å². The Labute approximate surface area is 131 Å². The Kier molecular flexibility index (Phi) is 5.58. The van der Waals surface area contributed by atoms with Crippen LogP contribution in [0.15, 0.2) is 36.4 Å². The number of primary amides is 1. The first-order valence-corrected chi connectivity index (χ1v) is 7.44. The molecule has 0 saturated heterocycles. The summed E-state index contributed by atoms with van der Waals surface area (Å²) in [4.78, 5) is 12.8. The highest BCUT2D eigenvalue weighted by atomic mass is 35.5. The van der Waals surface area contributed by atoms with Crippen molar-refractivity contribution in [2.24, 2.45) is 5.73 Å². The molecule has 7 heteroatoms. The number of benzene rings is 1. The van der Waals surface area contributed by atoms with E-state index in [1.54, 1.807) is 11.3 Å². The Morgan fingerprint density at radius 3 is 2.67 bits per heavy atom. The van der Waals surface area contributed by atoms with Gasteiger partial charge in [-0.3, -0.25) is 5.21 Å². The second-order valence-electron chi connectivity index (χ2n) is 4.29. The lowest BCUT2D eigenvalue weighted by Gasteiger charge is -2.11. The van der Waals surface area contributed by atoms with Crippen molar-refractivity contribution in [3.05, 3.63) is 46.3 Å². The third-order valence-corrected chi connectivity index (χ3v) is 4.10. The number of hydroxylamine groups is 2. The van der Waals surface area contributed by atoms with Crippen LogP contribution in [0.5, 0.6) is 0 Å². The number of halogens is 1. The first-order chi connectivity index (χ1) is 10.1. The lowest BCUT2D eigenvalue weighted by atomic mass is 10.2. The number of thiophene rings is 1. The van der Waals surface area contributed by atoms with E-state index in [-0.39, 0.29) is 13.2 Å². The lowest BCUT2D eigenvalue weighted by molar-refractivity contribution is -0.0578. The molecule has 0 radical (unpaired) electrons. The molecular formula is C14H15ClN2O3S. The van der Waals surface area contributed by atoms with Gasteiger partial charge in [-0.15, -0.1) is 11.3 Å². The second kappa shape index (κ2) is 7.42. The van der Waals surface area contributed by atoms with Crippen molar-refractivity contribution in [3.8, 4) is 10.4 Å². The molecular weight excluding hydrogens is 312 g/mol. The molecule has 0 aliphatic carbocycles. The molecule has 0 spiro atoms. The van der Waals surface area contributed by atoms with E-state index >= 15 is 0 Å². The van der Waals surface area contributed by atoms with E-state index in [0.29, 0.717) is 16.7 Å². The summed E-state index contributed by atoms with van der Waals surface area (Å²) in [6.07, 6.45) is 0. The molecule has 1 heterocycles. The number of nitrogens with two attached hydrogens (primary N) is 1. The summed E-state index contributed by atoms with van der Waals surface area (Å²) < 4.78 is 5.39. The maximum Gasteiger partial charge on any atom is 0.338 e. The quantitative estimate of drug-likeness (QED) is 0.485. The molecule has 21 heavy (non-hydrogen) atoms. The summed E-state index contributed by atoms with van der Waals surface area (Å²) in [6, 6.07) is 10.8. The van der Waals surface area contributed by atoms with Crippen LogP contribution in [0.1, 0.15) is 4.88 Å². The van der Waals surface area contributed by atoms with Crippen molar-refractivity contribution in [2.45, 2.75) is 6.61 Å². The van der Waals surface area contributed by atoms with Gasteiger partial charge in [-0.05, 0) is 29.8 Å². The van der Waals surface area contributed by atoms with Gasteiger partial charge in [0.05, 0.1) is 19.8 Å². The Morgan fingerprint density at radius 2 is 2.00 bits per heavy atom. The van der Waals surface area contributed by atoms with Crippen LogP contribution >= 0.6 is 22.9 Å². The highest BCUT2D eigenvalue weighted by Gasteiger charge is 2.06. The zero-order chi connectivity index (χ0) is 15.2. The molecule has 0 bridgehead atoms. The Hall–Kier alpha value is -1.60. The topological polar surface area (TPSA) is 75.8 Å². The highest BCUT2D eigenvalue weighted by molar-refractivity contribution is 7.15. The van der Waals surface area contributed by atoms with Gasteiger partial charge in [-0.1, -0.05) is 23.7 Å². The van der Waals surface area contributed by atoms with Crippen LogP contribution in [-0.4, -0.2) is 29.5 Å². The van der Waals surface area contributed by atoms with Crippen LogP contribution in [0.25, 0.3) is 10.4 Å². The molecule has 0 saturated carbocycles. The van der Waals surface area contributed by atoms with E-state index < -0.39 is 6.03 Å². The van der Waals surface area contributed by atoms with E-state index in [4.69, 9.17) is 27.3 Å². The third-order valence-electron chi connectivity index (χ3n) is 2.74. The fraction of sp³-hybridized carbons (Fsp3) is 0.214. The van der Waals surface area contributed by atoms with Gasteiger partial charge >= 0.3 is 6.03 Å². The van der Waals surface area contributed by atoms with Crippen molar-refractivity contribution in [2.75, 3.05) is 13.2 Å². The summed E-state index contributed by atoms with van der Waals surface area (Å²) in [5.41, 5.74) is 5.98. The number of urea groups is 1. The van der Waals surface area contributed by atoms with Crippen LogP contribution in [0.4, 0.5) is 4.79 Å². The van der Waals surface area contributed by atoms with Crippen LogP contribution in [0.3, 0.4) is 0 Å². The predicted molar refractivity (Wildman–Crippen MR) is 82.5 cm³/mol. The average Bonchev–Trinajstić information content (AvgIpc) is 2.93. The number of rotatable bonds is 6. The summed E-state index contributed by atoms with van der Waals surface area (Å²) >= 11 is 7.48. The summed E-state index contributed by atoms with van der Waals surface area (Å²) in [7, 11) is 0. The monoisotopic (exact) mass is 326 g/mol. The van der Waals surface area contributed by atoms with Crippen LogP contribution in [0, 0.1) is 0 Å². The van der Waals surface area contributed by atoms with Crippen LogP contribution in [0.2, 0.25) is 5.02 Å². The molecule has 5 nitrogen and oxygen atoms in total. The molecule has 112 valence electrons. The van der Waals surface area contributed by atoms with Crippen LogP contribution < -0.4 is 5.73 Å². The number of hydrogen-bond acceptors (Lipinski definition) is 4. The minimum Gasteiger partial charge on any atom is -0.374 e. The number of amides is 2. The minimum atomic E-state index is -0.889. The maximum absolute atomic E-state index is 10.6. The normalized spacial score (nSPS) is 10.6. The van der Waals surface area contributed by atoms with Gasteiger partial charge in [0, 0.05) is 14.8 Å². The van der Waals surface area contributed by atoms with Gasteiger partial charge in [0.2, 0.25) is 0 Å². The van der Waals surface area contributed by atoms with Gasteiger partial charge in [-0.25, -0.2) is 9.86 Å². The molecule has 1 aromatic carbocycles. The first-order valence-electron chi connectivity index (χ1n) is 6.24. The van der Waals surface area contributed by atoms with Crippen molar-refractivity contribution in [1.82, 2.24) is 5.06 Å². The van der Waals surface area contributed by atoms with E-state index in [9.17, 15) is 4.79 Å². The van der Waals surface area contributed by atoms with Gasteiger partial charge in [0.25, 0.3) is 0 Å². The van der Waals surface area contributed by atoms with Crippen molar-refractivity contribution in [1.29, 1.82) is 0 Å². The minimum absolute atomic E-state index is 0.0464. The molecule has 0 atom stereocenters. The number of ether oxygens (including phenoxy) is 1. The maximum atomic E-state index is 10.6. The second-order valence-corrected chi connectivity index (χ2v) is 5.89. The van der Waals surface area contributed by atoms with Gasteiger partial charge < -0.3 is 10.5 Å². The smallest absolute Gasteiger partial charge is 0.338 e. The number of nitrogens with zero attached hydrogens (tertiary/aromatic N) is 1. The van der Waals surface area contributed by atoms with E-state index in [0.717, 1.165) is 15.3 Å². The van der Waals surface area contributed by atoms with E-state index in [2.05, 4.69) is 0 Å². The zero-order valence-electron chi connectivity index (χ0n) is 11.2. The van der Waals surface area contributed by atoms with Crippen molar-refractivity contribution >= 4 is 29.0 Å². The van der Waals surface area contributed by atoms with Crippen molar-refractivity contribution < 1.29 is 14.7 Å². The van der Waals surface area contributed by atoms with Crippen LogP contribution in [-0.2, 0) is 11.3 Å². The fourth-order valence-corrected chi connectivity index (χ4v) is 2.74. The molecule has 2 amide bonds. The number of carbonyl (C=O) groups excluding carboxylic acids is 1. The molecule has 2 rings (SSSR count). The third kappa shape index (κ3) is 4.71. The first kappa shape index (κ1) is 15.8.